The van der Waals surface area contributed by atoms with Gasteiger partial charge >= 0.3 is 0 Å². The zero-order valence-electron chi connectivity index (χ0n) is 18.4. The number of ketones is 2. The minimum absolute atomic E-state index is 0.183. The van der Waals surface area contributed by atoms with Crippen LogP contribution in [0.1, 0.15) is 54.8 Å². The van der Waals surface area contributed by atoms with Crippen LogP contribution in [0.25, 0.3) is 0 Å². The molecule has 0 fully saturated rings. The van der Waals surface area contributed by atoms with Gasteiger partial charge in [0.15, 0.2) is 25.2 Å². The minimum Gasteiger partial charge on any atom is -0.496 e. The molecule has 6 heteroatoms. The predicted molar refractivity (Wildman–Crippen MR) is 118 cm³/mol. The molecule has 2 rings (SSSR count). The smallest absolute Gasteiger partial charge is 0.192 e. The third kappa shape index (κ3) is 4.62. The van der Waals surface area contributed by atoms with Crippen LogP contribution in [0.3, 0.4) is 0 Å². The summed E-state index contributed by atoms with van der Waals surface area (Å²) >= 11 is 0. The quantitative estimate of drug-likeness (QED) is 0.284. The number of benzene rings is 2. The second-order valence-electron chi connectivity index (χ2n) is 8.58. The van der Waals surface area contributed by atoms with Crippen LogP contribution in [0.5, 0.6) is 11.5 Å². The van der Waals surface area contributed by atoms with Crippen LogP contribution >= 0.6 is 8.46 Å². The normalized spacial score (nSPS) is 13.0. The number of hydrogen-bond acceptors (Lipinski definition) is 5. The highest BCUT2D eigenvalue weighted by molar-refractivity contribution is 7.30. The Hall–Kier alpha value is -2.52. The highest BCUT2D eigenvalue weighted by atomic mass is 31.1. The lowest BCUT2D eigenvalue weighted by Gasteiger charge is -2.35. The summed E-state index contributed by atoms with van der Waals surface area (Å²) < 4.78 is 23.5. The molecule has 160 valence electrons. The predicted octanol–water partition coefficient (Wildman–Crippen LogP) is 5.87. The van der Waals surface area contributed by atoms with Crippen LogP contribution in [0.2, 0.25) is 0 Å². The Morgan fingerprint density at radius 3 is 1.60 bits per heavy atom. The molecule has 0 saturated carbocycles. The number of rotatable bonds is 9. The topological polar surface area (TPSA) is 69.7 Å². The molecule has 0 aliphatic rings. The standard InChI is InChI=1S/C24H29O5P/c1-16(15-23(2,3)4)24(30-27,21(25)17-11-7-9-13-19(17)28-5)22(26)18-12-8-10-14-20(18)29-6/h7-14,16H,15H2,1-6H3. The van der Waals surface area contributed by atoms with Gasteiger partial charge in [-0.25, -0.2) is 0 Å². The molecule has 1 unspecified atom stereocenters. The fraction of sp³-hybridized carbons (Fsp3) is 0.417. The van der Waals surface area contributed by atoms with E-state index in [4.69, 9.17) is 9.47 Å². The molecule has 1 atom stereocenters. The van der Waals surface area contributed by atoms with E-state index in [0.29, 0.717) is 17.9 Å². The molecular formula is C24H29O5P. The Kier molecular flexibility index (Phi) is 7.54. The first-order chi connectivity index (χ1) is 14.1. The third-order valence-electron chi connectivity index (χ3n) is 5.17. The Morgan fingerprint density at radius 1 is 0.867 bits per heavy atom. The highest BCUT2D eigenvalue weighted by Crippen LogP contribution is 2.45. The Morgan fingerprint density at radius 2 is 1.27 bits per heavy atom. The second kappa shape index (κ2) is 9.53. The largest absolute Gasteiger partial charge is 0.496 e. The van der Waals surface area contributed by atoms with E-state index >= 15 is 0 Å². The van der Waals surface area contributed by atoms with Crippen molar-refractivity contribution in [3.05, 3.63) is 59.7 Å². The first kappa shape index (κ1) is 23.8. The number of methoxy groups -OCH3 is 2. The van der Waals surface area contributed by atoms with E-state index < -0.39 is 31.1 Å². The molecule has 0 amide bonds. The molecular weight excluding hydrogens is 399 g/mol. The monoisotopic (exact) mass is 428 g/mol. The molecule has 5 nitrogen and oxygen atoms in total. The Bertz CT molecular complexity index is 870. The lowest BCUT2D eigenvalue weighted by molar-refractivity contribution is 0.0768. The van der Waals surface area contributed by atoms with E-state index in [-0.39, 0.29) is 16.5 Å². The van der Waals surface area contributed by atoms with Gasteiger partial charge in [-0.1, -0.05) is 52.0 Å². The van der Waals surface area contributed by atoms with Gasteiger partial charge in [-0.3, -0.25) is 14.2 Å². The van der Waals surface area contributed by atoms with E-state index in [1.807, 2.05) is 20.8 Å². The van der Waals surface area contributed by atoms with E-state index in [1.54, 1.807) is 55.5 Å². The van der Waals surface area contributed by atoms with Crippen molar-refractivity contribution in [1.82, 2.24) is 0 Å². The van der Waals surface area contributed by atoms with E-state index in [0.717, 1.165) is 0 Å². The zero-order chi connectivity index (χ0) is 22.5. The van der Waals surface area contributed by atoms with Crippen molar-refractivity contribution in [2.75, 3.05) is 14.2 Å². The summed E-state index contributed by atoms with van der Waals surface area (Å²) in [4.78, 5) is 27.7. The Balaban J connectivity index is 2.75. The molecule has 0 radical (unpaired) electrons. The maximum atomic E-state index is 13.9. The van der Waals surface area contributed by atoms with Gasteiger partial charge in [0.2, 0.25) is 0 Å². The van der Waals surface area contributed by atoms with Gasteiger partial charge in [0.25, 0.3) is 0 Å². The summed E-state index contributed by atoms with van der Waals surface area (Å²) in [6.07, 6.45) is 0.518. The number of ether oxygens (including phenoxy) is 2. The van der Waals surface area contributed by atoms with Gasteiger partial charge in [-0.05, 0) is 42.0 Å². The number of para-hydroxylation sites is 2. The maximum absolute atomic E-state index is 13.9. The molecule has 0 heterocycles. The fourth-order valence-corrected chi connectivity index (χ4v) is 4.54. The van der Waals surface area contributed by atoms with Gasteiger partial charge in [0.1, 0.15) is 11.5 Å². The van der Waals surface area contributed by atoms with Crippen molar-refractivity contribution in [3.8, 4) is 11.5 Å². The summed E-state index contributed by atoms with van der Waals surface area (Å²) in [5.41, 5.74) is 0.275. The highest BCUT2D eigenvalue weighted by Gasteiger charge is 2.53. The number of hydrogen-bond donors (Lipinski definition) is 0. The molecule has 0 aromatic heterocycles. The van der Waals surface area contributed by atoms with E-state index in [9.17, 15) is 14.2 Å². The van der Waals surface area contributed by atoms with Gasteiger partial charge in [-0.15, -0.1) is 0 Å². The average molecular weight is 428 g/mol. The van der Waals surface area contributed by atoms with Crippen LogP contribution in [0, 0.1) is 11.3 Å². The van der Waals surface area contributed by atoms with E-state index in [2.05, 4.69) is 0 Å². The molecule has 0 saturated heterocycles. The zero-order valence-corrected chi connectivity index (χ0v) is 19.3. The van der Waals surface area contributed by atoms with Gasteiger partial charge in [-0.2, -0.15) is 0 Å². The minimum atomic E-state index is -1.81. The first-order valence-electron chi connectivity index (χ1n) is 9.82. The van der Waals surface area contributed by atoms with Crippen LogP contribution < -0.4 is 9.47 Å². The van der Waals surface area contributed by atoms with Crippen LogP contribution in [-0.2, 0) is 4.57 Å². The molecule has 0 aliphatic heterocycles. The molecule has 30 heavy (non-hydrogen) atoms. The second-order valence-corrected chi connectivity index (χ2v) is 9.47. The van der Waals surface area contributed by atoms with Crippen molar-refractivity contribution >= 4 is 20.0 Å². The Labute approximate surface area is 180 Å². The first-order valence-corrected chi connectivity index (χ1v) is 10.6. The van der Waals surface area contributed by atoms with Crippen molar-refractivity contribution < 1.29 is 23.6 Å². The number of Topliss-reactive ketones (excluding diaryl/α,β-unsaturated/α-hetero) is 2. The fourth-order valence-electron chi connectivity index (χ4n) is 3.86. The third-order valence-corrected chi connectivity index (χ3v) is 6.31. The molecule has 2 aromatic rings. The van der Waals surface area contributed by atoms with Crippen LogP contribution in [0.15, 0.2) is 48.5 Å². The molecule has 0 bridgehead atoms. The summed E-state index contributed by atoms with van der Waals surface area (Å²) in [5, 5.41) is -1.81. The number of carbonyl (C=O) groups is 2. The molecule has 0 aliphatic carbocycles. The SMILES string of the molecule is COc1ccccc1C(=O)C(P=O)(C(=O)c1ccccc1OC)C(C)CC(C)(C)C. The van der Waals surface area contributed by atoms with Crippen LogP contribution in [0.4, 0.5) is 0 Å². The van der Waals surface area contributed by atoms with Gasteiger partial charge in [0, 0.05) is 0 Å². The van der Waals surface area contributed by atoms with Gasteiger partial charge in [0.05, 0.1) is 25.3 Å². The molecule has 0 spiro atoms. The van der Waals surface area contributed by atoms with E-state index in [1.165, 1.54) is 14.2 Å². The average Bonchev–Trinajstić information content (AvgIpc) is 2.72. The summed E-state index contributed by atoms with van der Waals surface area (Å²) in [6.45, 7) is 7.88. The summed E-state index contributed by atoms with van der Waals surface area (Å²) in [6, 6.07) is 13.4. The lowest BCUT2D eigenvalue weighted by atomic mass is 9.73. The van der Waals surface area contributed by atoms with Crippen molar-refractivity contribution in [3.63, 3.8) is 0 Å². The number of carbonyl (C=O) groups excluding carboxylic acids is 2. The van der Waals surface area contributed by atoms with Crippen molar-refractivity contribution in [2.24, 2.45) is 11.3 Å². The maximum Gasteiger partial charge on any atom is 0.192 e. The van der Waals surface area contributed by atoms with Crippen LogP contribution in [-0.4, -0.2) is 30.9 Å². The lowest BCUT2D eigenvalue weighted by Crippen LogP contribution is -2.48. The summed E-state index contributed by atoms with van der Waals surface area (Å²) in [7, 11) is 2.36. The van der Waals surface area contributed by atoms with Crippen molar-refractivity contribution in [2.45, 2.75) is 39.3 Å². The molecule has 2 aromatic carbocycles. The van der Waals surface area contributed by atoms with Crippen molar-refractivity contribution in [1.29, 1.82) is 0 Å². The summed E-state index contributed by atoms with van der Waals surface area (Å²) in [5.74, 6) is -0.877. The molecule has 0 N–H and O–H groups in total. The van der Waals surface area contributed by atoms with Gasteiger partial charge < -0.3 is 9.47 Å².